The molecule has 3 heteroatoms. The van der Waals surface area contributed by atoms with Crippen LogP contribution < -0.4 is 0 Å². The van der Waals surface area contributed by atoms with Gasteiger partial charge in [0.15, 0.2) is 11.6 Å². The largest absolute Gasteiger partial charge is 0.291 e. The molecular formula is C5H8CrO2. The minimum Gasteiger partial charge on any atom is -0.291 e. The van der Waals surface area contributed by atoms with E-state index >= 15 is 0 Å². The van der Waals surface area contributed by atoms with Crippen LogP contribution in [0.2, 0.25) is 0 Å². The van der Waals surface area contributed by atoms with Gasteiger partial charge >= 0.3 is 0 Å². The zero-order valence-electron chi connectivity index (χ0n) is 4.93. The molecule has 0 N–H and O–H groups in total. The van der Waals surface area contributed by atoms with Gasteiger partial charge in [-0.15, -0.1) is 0 Å². The first-order valence-corrected chi connectivity index (χ1v) is 2.22. The quantitative estimate of drug-likeness (QED) is 0.541. The molecule has 0 bridgehead atoms. The van der Waals surface area contributed by atoms with Crippen LogP contribution in [0.1, 0.15) is 20.3 Å². The molecule has 8 heavy (non-hydrogen) atoms. The van der Waals surface area contributed by atoms with Gasteiger partial charge in [0.2, 0.25) is 0 Å². The van der Waals surface area contributed by atoms with Gasteiger partial charge in [0.1, 0.15) is 0 Å². The Labute approximate surface area is 59.4 Å². The van der Waals surface area contributed by atoms with Crippen molar-refractivity contribution >= 4 is 11.6 Å². The van der Waals surface area contributed by atoms with E-state index in [9.17, 15) is 9.59 Å². The van der Waals surface area contributed by atoms with Gasteiger partial charge in [-0.25, -0.2) is 0 Å². The third kappa shape index (κ3) is 4.04. The molecule has 0 aliphatic carbocycles. The first kappa shape index (κ1) is 10.8. The van der Waals surface area contributed by atoms with E-state index in [1.165, 1.54) is 6.92 Å². The summed E-state index contributed by atoms with van der Waals surface area (Å²) < 4.78 is 0. The minimum absolute atomic E-state index is 0. The number of rotatable bonds is 2. The standard InChI is InChI=1S/C5H8O2.Cr/c1-3-5(7)4(2)6;/h3H2,1-2H3;. The van der Waals surface area contributed by atoms with Gasteiger partial charge in [0.05, 0.1) is 0 Å². The summed E-state index contributed by atoms with van der Waals surface area (Å²) in [5, 5.41) is 0. The Balaban J connectivity index is 0. The van der Waals surface area contributed by atoms with Gasteiger partial charge in [0.25, 0.3) is 0 Å². The fraction of sp³-hybridized carbons (Fsp3) is 0.600. The van der Waals surface area contributed by atoms with Crippen LogP contribution in [0.4, 0.5) is 0 Å². The number of Topliss-reactive ketones (excluding diaryl/α,β-unsaturated/α-hetero) is 2. The number of carbonyl (C=O) groups excluding carboxylic acids is 2. The van der Waals surface area contributed by atoms with Crippen molar-refractivity contribution < 1.29 is 27.0 Å². The minimum atomic E-state index is -0.345. The van der Waals surface area contributed by atoms with E-state index in [2.05, 4.69) is 0 Å². The van der Waals surface area contributed by atoms with Crippen LogP contribution in [-0.2, 0) is 27.0 Å². The zero-order valence-corrected chi connectivity index (χ0v) is 6.21. The normalized spacial score (nSPS) is 7.25. The van der Waals surface area contributed by atoms with Crippen molar-refractivity contribution in [2.24, 2.45) is 0 Å². The summed E-state index contributed by atoms with van der Waals surface area (Å²) in [6.45, 7) is 2.95. The monoisotopic (exact) mass is 152 g/mol. The van der Waals surface area contributed by atoms with Crippen LogP contribution in [0.5, 0.6) is 0 Å². The predicted molar refractivity (Wildman–Crippen MR) is 26.0 cm³/mol. The van der Waals surface area contributed by atoms with Crippen molar-refractivity contribution in [3.05, 3.63) is 0 Å². The number of hydrogen-bond acceptors (Lipinski definition) is 2. The SMILES string of the molecule is CCC(=O)C(C)=O.[Cr]. The van der Waals surface area contributed by atoms with Crippen molar-refractivity contribution in [3.8, 4) is 0 Å². The first-order chi connectivity index (χ1) is 3.18. The maximum atomic E-state index is 10.2. The molecule has 46 valence electrons. The van der Waals surface area contributed by atoms with E-state index in [1.54, 1.807) is 6.92 Å². The van der Waals surface area contributed by atoms with Crippen LogP contribution in [0.25, 0.3) is 0 Å². The number of hydrogen-bond donors (Lipinski definition) is 0. The van der Waals surface area contributed by atoms with Crippen molar-refractivity contribution in [3.63, 3.8) is 0 Å². The van der Waals surface area contributed by atoms with E-state index in [1.807, 2.05) is 0 Å². The van der Waals surface area contributed by atoms with Crippen LogP contribution in [0, 0.1) is 0 Å². The maximum Gasteiger partial charge on any atom is 0.197 e. The molecule has 0 saturated carbocycles. The summed E-state index contributed by atoms with van der Waals surface area (Å²) in [7, 11) is 0. The molecule has 0 radical (unpaired) electrons. The summed E-state index contributed by atoms with van der Waals surface area (Å²) in [4.78, 5) is 20.2. The number of carbonyl (C=O) groups is 2. The molecule has 0 amide bonds. The maximum absolute atomic E-state index is 10.2. The molecule has 2 nitrogen and oxygen atoms in total. The molecule has 0 unspecified atom stereocenters. The van der Waals surface area contributed by atoms with E-state index in [4.69, 9.17) is 0 Å². The molecule has 0 aromatic carbocycles. The predicted octanol–water partition coefficient (Wildman–Crippen LogP) is 0.552. The molecule has 0 aliphatic heterocycles. The molecule has 0 aromatic heterocycles. The van der Waals surface area contributed by atoms with Gasteiger partial charge in [-0.3, -0.25) is 9.59 Å². The third-order valence-electron chi connectivity index (χ3n) is 0.714. The fourth-order valence-corrected chi connectivity index (χ4v) is 0.249. The van der Waals surface area contributed by atoms with Gasteiger partial charge in [0, 0.05) is 30.7 Å². The summed E-state index contributed by atoms with van der Waals surface area (Å²) in [6, 6.07) is 0. The summed E-state index contributed by atoms with van der Waals surface area (Å²) in [5.74, 6) is -0.637. The van der Waals surface area contributed by atoms with E-state index in [0.29, 0.717) is 6.42 Å². The summed E-state index contributed by atoms with van der Waals surface area (Å²) in [5.41, 5.74) is 0. The van der Waals surface area contributed by atoms with Crippen LogP contribution in [-0.4, -0.2) is 11.6 Å². The molecular weight excluding hydrogens is 144 g/mol. The van der Waals surface area contributed by atoms with E-state index in [0.717, 1.165) is 0 Å². The average molecular weight is 152 g/mol. The van der Waals surface area contributed by atoms with Crippen LogP contribution >= 0.6 is 0 Å². The van der Waals surface area contributed by atoms with Gasteiger partial charge in [-0.1, -0.05) is 6.92 Å². The Morgan fingerprint density at radius 2 is 1.75 bits per heavy atom. The third-order valence-corrected chi connectivity index (χ3v) is 0.714. The second-order valence-corrected chi connectivity index (χ2v) is 1.33. The second-order valence-electron chi connectivity index (χ2n) is 1.33. The van der Waals surface area contributed by atoms with E-state index < -0.39 is 0 Å². The average Bonchev–Trinajstić information content (AvgIpc) is 1.65. The first-order valence-electron chi connectivity index (χ1n) is 2.22. The van der Waals surface area contributed by atoms with Gasteiger partial charge in [-0.2, -0.15) is 0 Å². The Hall–Kier alpha value is -0.128. The smallest absolute Gasteiger partial charge is 0.197 e. The second kappa shape index (κ2) is 5.02. The van der Waals surface area contributed by atoms with Crippen molar-refractivity contribution in [1.29, 1.82) is 0 Å². The molecule has 0 aliphatic rings. The Kier molecular flexibility index (Phi) is 6.76. The van der Waals surface area contributed by atoms with Crippen molar-refractivity contribution in [1.82, 2.24) is 0 Å². The molecule has 0 atom stereocenters. The van der Waals surface area contributed by atoms with Crippen molar-refractivity contribution in [2.75, 3.05) is 0 Å². The molecule has 0 aromatic rings. The Morgan fingerprint density at radius 3 is 1.75 bits per heavy atom. The van der Waals surface area contributed by atoms with Crippen LogP contribution in [0.3, 0.4) is 0 Å². The van der Waals surface area contributed by atoms with Crippen LogP contribution in [0.15, 0.2) is 0 Å². The van der Waals surface area contributed by atoms with E-state index in [-0.39, 0.29) is 28.9 Å². The summed E-state index contributed by atoms with van der Waals surface area (Å²) in [6.07, 6.45) is 0.329. The molecule has 0 heterocycles. The van der Waals surface area contributed by atoms with Gasteiger partial charge in [-0.05, 0) is 0 Å². The van der Waals surface area contributed by atoms with Crippen molar-refractivity contribution in [2.45, 2.75) is 20.3 Å². The Bertz CT molecular complexity index is 98.6. The topological polar surface area (TPSA) is 34.1 Å². The fourth-order valence-electron chi connectivity index (χ4n) is 0.249. The molecule has 0 saturated heterocycles. The molecule has 0 spiro atoms. The molecule has 0 fully saturated rings. The zero-order chi connectivity index (χ0) is 5.86. The molecule has 0 rings (SSSR count). The summed E-state index contributed by atoms with van der Waals surface area (Å²) >= 11 is 0. The number of ketones is 2. The Morgan fingerprint density at radius 1 is 1.38 bits per heavy atom. The van der Waals surface area contributed by atoms with Gasteiger partial charge < -0.3 is 0 Å².